The predicted octanol–water partition coefficient (Wildman–Crippen LogP) is 2.94. The second-order valence-electron chi connectivity index (χ2n) is 6.06. The zero-order chi connectivity index (χ0) is 16.8. The van der Waals surface area contributed by atoms with Crippen molar-refractivity contribution < 1.29 is 4.79 Å². The summed E-state index contributed by atoms with van der Waals surface area (Å²) in [5, 5.41) is 3.02. The van der Waals surface area contributed by atoms with Gasteiger partial charge in [-0.15, -0.1) is 0 Å². The van der Waals surface area contributed by atoms with Gasteiger partial charge >= 0.3 is 0 Å². The van der Waals surface area contributed by atoms with Crippen LogP contribution in [0.15, 0.2) is 43.0 Å². The van der Waals surface area contributed by atoms with Crippen LogP contribution in [-0.2, 0) is 6.54 Å². The van der Waals surface area contributed by atoms with Gasteiger partial charge in [0.25, 0.3) is 5.91 Å². The van der Waals surface area contributed by atoms with Gasteiger partial charge in [-0.05, 0) is 52.0 Å². The fraction of sp³-hybridized carbons (Fsp3) is 0.444. The number of anilines is 1. The molecule has 1 N–H and O–H groups in total. The maximum Gasteiger partial charge on any atom is 0.251 e. The predicted molar refractivity (Wildman–Crippen MR) is 93.8 cm³/mol. The van der Waals surface area contributed by atoms with Crippen LogP contribution in [-0.4, -0.2) is 34.1 Å². The SMILES string of the molecule is CCN(c1ccc(C(=O)N[C@H](C)Cn2ccnc2)cc1)C(C)C. The molecule has 5 heteroatoms. The van der Waals surface area contributed by atoms with Crippen molar-refractivity contribution in [3.05, 3.63) is 48.5 Å². The molecule has 0 saturated heterocycles. The molecule has 5 nitrogen and oxygen atoms in total. The van der Waals surface area contributed by atoms with Crippen LogP contribution in [0.3, 0.4) is 0 Å². The lowest BCUT2D eigenvalue weighted by atomic mass is 10.1. The molecule has 2 rings (SSSR count). The van der Waals surface area contributed by atoms with E-state index in [1.165, 1.54) is 0 Å². The number of benzene rings is 1. The van der Waals surface area contributed by atoms with E-state index in [0.29, 0.717) is 18.2 Å². The normalized spacial score (nSPS) is 12.2. The summed E-state index contributed by atoms with van der Waals surface area (Å²) >= 11 is 0. The van der Waals surface area contributed by atoms with Crippen LogP contribution < -0.4 is 10.2 Å². The highest BCUT2D eigenvalue weighted by Crippen LogP contribution is 2.17. The highest BCUT2D eigenvalue weighted by molar-refractivity contribution is 5.94. The number of amides is 1. The topological polar surface area (TPSA) is 50.2 Å². The van der Waals surface area contributed by atoms with E-state index in [9.17, 15) is 4.79 Å². The number of carbonyl (C=O) groups excluding carboxylic acids is 1. The van der Waals surface area contributed by atoms with Gasteiger partial charge in [-0.25, -0.2) is 4.98 Å². The van der Waals surface area contributed by atoms with Gasteiger partial charge in [0.05, 0.1) is 6.33 Å². The van der Waals surface area contributed by atoms with E-state index in [2.05, 4.69) is 36.0 Å². The maximum absolute atomic E-state index is 12.3. The molecule has 0 aliphatic carbocycles. The monoisotopic (exact) mass is 314 g/mol. The van der Waals surface area contributed by atoms with E-state index in [0.717, 1.165) is 12.2 Å². The van der Waals surface area contributed by atoms with Gasteiger partial charge in [0.2, 0.25) is 0 Å². The Bertz CT molecular complexity index is 604. The first kappa shape index (κ1) is 17.1. The van der Waals surface area contributed by atoms with Crippen molar-refractivity contribution in [2.75, 3.05) is 11.4 Å². The number of rotatable bonds is 7. The van der Waals surface area contributed by atoms with Gasteiger partial charge in [0, 0.05) is 48.8 Å². The Morgan fingerprint density at radius 3 is 2.48 bits per heavy atom. The summed E-state index contributed by atoms with van der Waals surface area (Å²) in [6, 6.07) is 8.28. The first-order valence-corrected chi connectivity index (χ1v) is 8.14. The van der Waals surface area contributed by atoms with Crippen molar-refractivity contribution in [1.82, 2.24) is 14.9 Å². The summed E-state index contributed by atoms with van der Waals surface area (Å²) in [5.41, 5.74) is 1.83. The lowest BCUT2D eigenvalue weighted by Gasteiger charge is -2.27. The van der Waals surface area contributed by atoms with Crippen molar-refractivity contribution in [2.45, 2.75) is 46.3 Å². The summed E-state index contributed by atoms with van der Waals surface area (Å²) in [4.78, 5) is 18.6. The van der Waals surface area contributed by atoms with Crippen molar-refractivity contribution >= 4 is 11.6 Å². The van der Waals surface area contributed by atoms with Crippen LogP contribution in [0, 0.1) is 0 Å². The molecule has 1 heterocycles. The molecule has 0 saturated carbocycles. The Labute approximate surface area is 138 Å². The lowest BCUT2D eigenvalue weighted by molar-refractivity contribution is 0.0936. The molecule has 0 spiro atoms. The minimum absolute atomic E-state index is 0.0409. The molecule has 0 fully saturated rings. The number of nitrogens with zero attached hydrogens (tertiary/aromatic N) is 3. The summed E-state index contributed by atoms with van der Waals surface area (Å²) in [6.07, 6.45) is 5.38. The molecule has 1 aromatic carbocycles. The van der Waals surface area contributed by atoms with Crippen LogP contribution in [0.1, 0.15) is 38.1 Å². The minimum Gasteiger partial charge on any atom is -0.369 e. The van der Waals surface area contributed by atoms with Crippen molar-refractivity contribution in [2.24, 2.45) is 0 Å². The average Bonchev–Trinajstić information content (AvgIpc) is 3.01. The van der Waals surface area contributed by atoms with Gasteiger partial charge in [0.1, 0.15) is 0 Å². The smallest absolute Gasteiger partial charge is 0.251 e. The van der Waals surface area contributed by atoms with E-state index in [-0.39, 0.29) is 11.9 Å². The van der Waals surface area contributed by atoms with Crippen LogP contribution in [0.2, 0.25) is 0 Å². The molecule has 124 valence electrons. The number of hydrogen-bond donors (Lipinski definition) is 1. The van der Waals surface area contributed by atoms with Crippen molar-refractivity contribution in [1.29, 1.82) is 0 Å². The average molecular weight is 314 g/mol. The van der Waals surface area contributed by atoms with E-state index in [1.54, 1.807) is 12.5 Å². The third-order valence-corrected chi connectivity index (χ3v) is 3.85. The first-order chi connectivity index (χ1) is 11.0. The Morgan fingerprint density at radius 2 is 1.96 bits per heavy atom. The zero-order valence-electron chi connectivity index (χ0n) is 14.4. The largest absolute Gasteiger partial charge is 0.369 e. The van der Waals surface area contributed by atoms with Gasteiger partial charge < -0.3 is 14.8 Å². The molecular weight excluding hydrogens is 288 g/mol. The zero-order valence-corrected chi connectivity index (χ0v) is 14.4. The molecule has 0 radical (unpaired) electrons. The summed E-state index contributed by atoms with van der Waals surface area (Å²) in [6.45, 7) is 10.1. The van der Waals surface area contributed by atoms with Crippen molar-refractivity contribution in [3.8, 4) is 0 Å². The van der Waals surface area contributed by atoms with E-state index in [1.807, 2.05) is 42.0 Å². The molecule has 0 bridgehead atoms. The fourth-order valence-electron chi connectivity index (χ4n) is 2.71. The Hall–Kier alpha value is -2.30. The fourth-order valence-corrected chi connectivity index (χ4v) is 2.71. The van der Waals surface area contributed by atoms with Gasteiger partial charge in [-0.1, -0.05) is 0 Å². The standard InChI is InChI=1S/C18H26N4O/c1-5-22(14(2)3)17-8-6-16(7-9-17)18(23)20-15(4)12-21-11-10-19-13-21/h6-11,13-15H,5,12H2,1-4H3,(H,20,23)/t15-/m1/s1. The number of aromatic nitrogens is 2. The third kappa shape index (κ3) is 4.58. The van der Waals surface area contributed by atoms with Crippen molar-refractivity contribution in [3.63, 3.8) is 0 Å². The molecule has 0 unspecified atom stereocenters. The first-order valence-electron chi connectivity index (χ1n) is 8.14. The third-order valence-electron chi connectivity index (χ3n) is 3.85. The summed E-state index contributed by atoms with van der Waals surface area (Å²) in [7, 11) is 0. The molecule has 1 amide bonds. The summed E-state index contributed by atoms with van der Waals surface area (Å²) in [5.74, 6) is -0.0447. The number of carbonyl (C=O) groups is 1. The second kappa shape index (κ2) is 7.81. The number of imidazole rings is 1. The van der Waals surface area contributed by atoms with E-state index >= 15 is 0 Å². The Morgan fingerprint density at radius 1 is 1.26 bits per heavy atom. The quantitative estimate of drug-likeness (QED) is 0.855. The van der Waals surface area contributed by atoms with E-state index in [4.69, 9.17) is 0 Å². The van der Waals surface area contributed by atoms with E-state index < -0.39 is 0 Å². The van der Waals surface area contributed by atoms with Crippen LogP contribution in [0.4, 0.5) is 5.69 Å². The van der Waals surface area contributed by atoms with Gasteiger partial charge in [-0.3, -0.25) is 4.79 Å². The lowest BCUT2D eigenvalue weighted by Crippen LogP contribution is -2.35. The molecule has 0 aliphatic rings. The molecular formula is C18H26N4O. The van der Waals surface area contributed by atoms with Crippen LogP contribution in [0.5, 0.6) is 0 Å². The van der Waals surface area contributed by atoms with Crippen LogP contribution >= 0.6 is 0 Å². The maximum atomic E-state index is 12.3. The Kier molecular flexibility index (Phi) is 5.79. The molecule has 1 atom stereocenters. The number of hydrogen-bond acceptors (Lipinski definition) is 3. The van der Waals surface area contributed by atoms with Gasteiger partial charge in [0.15, 0.2) is 0 Å². The summed E-state index contributed by atoms with van der Waals surface area (Å²) < 4.78 is 1.95. The molecule has 2 aromatic rings. The second-order valence-corrected chi connectivity index (χ2v) is 6.06. The number of nitrogens with one attached hydrogen (secondary N) is 1. The molecule has 1 aromatic heterocycles. The molecule has 23 heavy (non-hydrogen) atoms. The Balaban J connectivity index is 1.97. The molecule has 0 aliphatic heterocycles. The minimum atomic E-state index is -0.0447. The highest BCUT2D eigenvalue weighted by atomic mass is 16.1. The van der Waals surface area contributed by atoms with Gasteiger partial charge in [-0.2, -0.15) is 0 Å². The van der Waals surface area contributed by atoms with Crippen LogP contribution in [0.25, 0.3) is 0 Å². The highest BCUT2D eigenvalue weighted by Gasteiger charge is 2.12.